The normalized spacial score (nSPS) is 21.0. The summed E-state index contributed by atoms with van der Waals surface area (Å²) >= 11 is 0. The highest BCUT2D eigenvalue weighted by Crippen LogP contribution is 2.33. The predicted octanol–water partition coefficient (Wildman–Crippen LogP) is 1.50. The molecule has 0 aliphatic carbocycles. The summed E-state index contributed by atoms with van der Waals surface area (Å²) in [5.41, 5.74) is 7.92. The molecule has 1 aromatic heterocycles. The van der Waals surface area contributed by atoms with Crippen molar-refractivity contribution < 1.29 is 9.53 Å². The van der Waals surface area contributed by atoms with Gasteiger partial charge in [-0.25, -0.2) is 4.68 Å². The number of anilines is 1. The number of hydrogen-bond acceptors (Lipinski definition) is 4. The van der Waals surface area contributed by atoms with Crippen LogP contribution < -0.4 is 5.73 Å². The number of amides is 1. The van der Waals surface area contributed by atoms with E-state index in [0.29, 0.717) is 5.82 Å². The van der Waals surface area contributed by atoms with Crippen molar-refractivity contribution in [1.82, 2.24) is 14.7 Å². The third-order valence-corrected chi connectivity index (χ3v) is 4.58. The molecule has 6 nitrogen and oxygen atoms in total. The highest BCUT2D eigenvalue weighted by Gasteiger charge is 2.36. The van der Waals surface area contributed by atoms with Gasteiger partial charge in [0.05, 0.1) is 17.9 Å². The maximum atomic E-state index is 12.4. The van der Waals surface area contributed by atoms with Crippen LogP contribution in [0.5, 0.6) is 0 Å². The van der Waals surface area contributed by atoms with Crippen LogP contribution in [0.15, 0.2) is 17.7 Å². The molecule has 0 radical (unpaired) electrons. The third kappa shape index (κ3) is 3.02. The Morgan fingerprint density at radius 3 is 2.73 bits per heavy atom. The number of aryl methyl sites for hydroxylation is 1. The number of aromatic nitrogens is 2. The maximum Gasteiger partial charge on any atom is 0.244 e. The minimum atomic E-state index is -0.152. The van der Waals surface area contributed by atoms with Crippen molar-refractivity contribution in [3.05, 3.63) is 23.4 Å². The minimum Gasteiger partial charge on any atom is -0.384 e. The van der Waals surface area contributed by atoms with Crippen LogP contribution in [0, 0.1) is 6.92 Å². The summed E-state index contributed by atoms with van der Waals surface area (Å²) in [6, 6.07) is 1.78. The Kier molecular flexibility index (Phi) is 3.95. The number of hydrogen-bond donors (Lipinski definition) is 1. The van der Waals surface area contributed by atoms with Crippen LogP contribution in [-0.4, -0.2) is 45.9 Å². The second-order valence-electron chi connectivity index (χ2n) is 6.40. The summed E-state index contributed by atoms with van der Waals surface area (Å²) in [7, 11) is 0. The summed E-state index contributed by atoms with van der Waals surface area (Å²) in [6.45, 7) is 6.48. The van der Waals surface area contributed by atoms with E-state index in [1.165, 1.54) is 5.57 Å². The Bertz CT molecular complexity index is 597. The van der Waals surface area contributed by atoms with Crippen molar-refractivity contribution >= 4 is 11.7 Å². The topological polar surface area (TPSA) is 73.4 Å². The maximum absolute atomic E-state index is 12.4. The lowest BCUT2D eigenvalue weighted by Crippen LogP contribution is -2.49. The van der Waals surface area contributed by atoms with Crippen LogP contribution >= 0.6 is 0 Å². The first-order valence-electron chi connectivity index (χ1n) is 7.87. The fourth-order valence-corrected chi connectivity index (χ4v) is 3.32. The van der Waals surface area contributed by atoms with Crippen molar-refractivity contribution in [2.75, 3.05) is 25.4 Å². The molecular weight excluding hydrogens is 280 g/mol. The number of likely N-dealkylation sites (tertiary alicyclic amines) is 1. The van der Waals surface area contributed by atoms with Crippen LogP contribution in [0.25, 0.3) is 0 Å². The number of nitrogen functional groups attached to an aromatic ring is 1. The average molecular weight is 304 g/mol. The molecule has 0 aromatic carbocycles. The molecule has 0 saturated carbocycles. The van der Waals surface area contributed by atoms with Gasteiger partial charge in [-0.15, -0.1) is 0 Å². The number of piperidine rings is 1. The highest BCUT2D eigenvalue weighted by molar-refractivity contribution is 5.76. The third-order valence-electron chi connectivity index (χ3n) is 4.58. The quantitative estimate of drug-likeness (QED) is 0.840. The molecular formula is C16H24N4O2. The van der Waals surface area contributed by atoms with Crippen molar-refractivity contribution in [3.63, 3.8) is 0 Å². The van der Waals surface area contributed by atoms with E-state index in [2.05, 4.69) is 18.1 Å². The van der Waals surface area contributed by atoms with Crippen molar-refractivity contribution in [1.29, 1.82) is 0 Å². The molecule has 0 bridgehead atoms. The Morgan fingerprint density at radius 2 is 2.14 bits per heavy atom. The van der Waals surface area contributed by atoms with E-state index in [0.717, 1.165) is 44.7 Å². The van der Waals surface area contributed by atoms with Crippen LogP contribution in [-0.2, 0) is 16.1 Å². The Hall–Kier alpha value is -1.82. The second kappa shape index (κ2) is 5.76. The molecule has 1 spiro atoms. The molecule has 0 unspecified atom stereocenters. The van der Waals surface area contributed by atoms with E-state index in [4.69, 9.17) is 10.5 Å². The molecule has 22 heavy (non-hydrogen) atoms. The molecule has 0 atom stereocenters. The number of carbonyl (C=O) groups is 1. The van der Waals surface area contributed by atoms with E-state index < -0.39 is 0 Å². The second-order valence-corrected chi connectivity index (χ2v) is 6.40. The zero-order valence-electron chi connectivity index (χ0n) is 13.3. The lowest BCUT2D eigenvalue weighted by molar-refractivity contribution is -0.137. The van der Waals surface area contributed by atoms with Gasteiger partial charge >= 0.3 is 0 Å². The molecule has 2 aliphatic rings. The molecule has 1 amide bonds. The van der Waals surface area contributed by atoms with Gasteiger partial charge in [-0.3, -0.25) is 4.79 Å². The summed E-state index contributed by atoms with van der Waals surface area (Å²) in [5.74, 6) is 0.606. The van der Waals surface area contributed by atoms with Gasteiger partial charge in [-0.2, -0.15) is 5.10 Å². The van der Waals surface area contributed by atoms with Crippen LogP contribution in [0.3, 0.4) is 0 Å². The smallest absolute Gasteiger partial charge is 0.244 e. The first-order valence-corrected chi connectivity index (χ1v) is 7.87. The van der Waals surface area contributed by atoms with Crippen LogP contribution in [0.4, 0.5) is 5.82 Å². The number of nitrogens with two attached hydrogens (primary N) is 1. The summed E-state index contributed by atoms with van der Waals surface area (Å²) in [5, 5.41) is 4.25. The molecule has 6 heteroatoms. The van der Waals surface area contributed by atoms with Gasteiger partial charge in [0, 0.05) is 19.2 Å². The van der Waals surface area contributed by atoms with E-state index in [-0.39, 0.29) is 18.1 Å². The fraction of sp³-hybridized carbons (Fsp3) is 0.625. The lowest BCUT2D eigenvalue weighted by Gasteiger charge is -2.42. The van der Waals surface area contributed by atoms with Crippen LogP contribution in [0.1, 0.15) is 31.9 Å². The first-order chi connectivity index (χ1) is 10.5. The lowest BCUT2D eigenvalue weighted by atomic mass is 9.87. The molecule has 2 N–H and O–H groups in total. The molecule has 2 aliphatic heterocycles. The molecule has 120 valence electrons. The SMILES string of the molecule is CC1=CC2(CCN(C(=O)Cn3nc(C)cc3N)CC2)OCC1. The fourth-order valence-electron chi connectivity index (χ4n) is 3.32. The van der Waals surface area contributed by atoms with Gasteiger partial charge in [0.15, 0.2) is 0 Å². The van der Waals surface area contributed by atoms with Gasteiger partial charge in [-0.05, 0) is 33.1 Å². The highest BCUT2D eigenvalue weighted by atomic mass is 16.5. The minimum absolute atomic E-state index is 0.0705. The first kappa shape index (κ1) is 15.1. The number of rotatable bonds is 2. The number of carbonyl (C=O) groups excluding carboxylic acids is 1. The molecule has 3 rings (SSSR count). The number of nitrogens with zero attached hydrogens (tertiary/aromatic N) is 3. The Labute approximate surface area is 130 Å². The molecule has 3 heterocycles. The molecule has 1 saturated heterocycles. The van der Waals surface area contributed by atoms with E-state index in [1.54, 1.807) is 10.7 Å². The molecule has 1 fully saturated rings. The Morgan fingerprint density at radius 1 is 1.41 bits per heavy atom. The summed E-state index contributed by atoms with van der Waals surface area (Å²) in [6.07, 6.45) is 5.00. The summed E-state index contributed by atoms with van der Waals surface area (Å²) in [4.78, 5) is 14.3. The van der Waals surface area contributed by atoms with Gasteiger partial charge < -0.3 is 15.4 Å². The summed E-state index contributed by atoms with van der Waals surface area (Å²) < 4.78 is 7.57. The predicted molar refractivity (Wildman–Crippen MR) is 84.2 cm³/mol. The largest absolute Gasteiger partial charge is 0.384 e. The van der Waals surface area contributed by atoms with Crippen LogP contribution in [0.2, 0.25) is 0 Å². The van der Waals surface area contributed by atoms with Gasteiger partial charge in [-0.1, -0.05) is 11.6 Å². The average Bonchev–Trinajstić information content (AvgIpc) is 2.77. The van der Waals surface area contributed by atoms with E-state index in [1.807, 2.05) is 11.8 Å². The van der Waals surface area contributed by atoms with Gasteiger partial charge in [0.2, 0.25) is 5.91 Å². The zero-order chi connectivity index (χ0) is 15.7. The van der Waals surface area contributed by atoms with Gasteiger partial charge in [0.25, 0.3) is 0 Å². The van der Waals surface area contributed by atoms with Crippen molar-refractivity contribution in [2.45, 2.75) is 45.3 Å². The van der Waals surface area contributed by atoms with E-state index in [9.17, 15) is 4.79 Å². The standard InChI is InChI=1S/C16H24N4O2/c1-12-3-8-22-16(10-12)4-6-19(7-5-16)15(21)11-20-14(17)9-13(2)18-20/h9-10H,3-8,11,17H2,1-2H3. The van der Waals surface area contributed by atoms with Crippen molar-refractivity contribution in [2.24, 2.45) is 0 Å². The monoisotopic (exact) mass is 304 g/mol. The molecule has 1 aromatic rings. The van der Waals surface area contributed by atoms with E-state index >= 15 is 0 Å². The number of ether oxygens (including phenoxy) is 1. The van der Waals surface area contributed by atoms with Gasteiger partial charge in [0.1, 0.15) is 12.4 Å². The van der Waals surface area contributed by atoms with Crippen molar-refractivity contribution in [3.8, 4) is 0 Å². The zero-order valence-corrected chi connectivity index (χ0v) is 13.3. The Balaban J connectivity index is 1.60.